The highest BCUT2D eigenvalue weighted by molar-refractivity contribution is 6.24. The first-order valence-electron chi connectivity index (χ1n) is 13.8. The average molecular weight is 549 g/mol. The molecule has 3 aliphatic rings. The lowest BCUT2D eigenvalue weighted by molar-refractivity contribution is -0.141. The van der Waals surface area contributed by atoms with Gasteiger partial charge in [0.25, 0.3) is 11.8 Å². The summed E-state index contributed by atoms with van der Waals surface area (Å²) in [5.74, 6) is -1.96. The number of imide groups is 1. The molecular weight excluding hydrogens is 520 g/mol. The fourth-order valence-corrected chi connectivity index (χ4v) is 6.66. The number of urea groups is 1. The third-order valence-corrected chi connectivity index (χ3v) is 8.62. The predicted molar refractivity (Wildman–Crippen MR) is 152 cm³/mol. The molecule has 3 aliphatic heterocycles. The number of carboxylic acids is 1. The van der Waals surface area contributed by atoms with Gasteiger partial charge in [0.15, 0.2) is 0 Å². The van der Waals surface area contributed by atoms with Crippen molar-refractivity contribution in [1.82, 2.24) is 14.8 Å². The largest absolute Gasteiger partial charge is 0.480 e. The summed E-state index contributed by atoms with van der Waals surface area (Å²) in [6.07, 6.45) is 1.28. The number of amides is 4. The van der Waals surface area contributed by atoms with Crippen LogP contribution in [0.25, 0.3) is 10.9 Å². The first-order chi connectivity index (χ1) is 19.8. The van der Waals surface area contributed by atoms with E-state index in [1.807, 2.05) is 55.5 Å². The minimum absolute atomic E-state index is 0.137. The van der Waals surface area contributed by atoms with Crippen molar-refractivity contribution in [2.45, 2.75) is 44.3 Å². The topological polar surface area (TPSA) is 114 Å². The molecule has 4 amide bonds. The molecule has 0 bridgehead atoms. The van der Waals surface area contributed by atoms with Crippen molar-refractivity contribution in [3.63, 3.8) is 0 Å². The highest BCUT2D eigenvalue weighted by Crippen LogP contribution is 2.45. The molecule has 0 saturated carbocycles. The van der Waals surface area contributed by atoms with Crippen molar-refractivity contribution in [1.29, 1.82) is 0 Å². The van der Waals surface area contributed by atoms with Gasteiger partial charge in [-0.2, -0.15) is 0 Å². The van der Waals surface area contributed by atoms with Crippen LogP contribution < -0.4 is 4.90 Å². The number of nitrogens with zero attached hydrogens (tertiary/aromatic N) is 3. The number of anilines is 1. The lowest BCUT2D eigenvalue weighted by Crippen LogP contribution is -2.44. The van der Waals surface area contributed by atoms with Crippen LogP contribution in [-0.4, -0.2) is 62.3 Å². The molecule has 7 rings (SSSR count). The van der Waals surface area contributed by atoms with Gasteiger partial charge in [-0.05, 0) is 49.1 Å². The van der Waals surface area contributed by atoms with Crippen molar-refractivity contribution in [2.24, 2.45) is 0 Å². The zero-order chi connectivity index (χ0) is 28.4. The number of H-pyrrole nitrogens is 1. The monoisotopic (exact) mass is 548 g/mol. The molecule has 206 valence electrons. The number of rotatable bonds is 4. The van der Waals surface area contributed by atoms with Gasteiger partial charge in [-0.3, -0.25) is 14.5 Å². The third-order valence-electron chi connectivity index (χ3n) is 8.62. The number of likely N-dealkylation sites (tertiary alicyclic amines) is 1. The first-order valence-corrected chi connectivity index (χ1v) is 13.8. The molecular formula is C32H28N4O5. The molecule has 0 spiro atoms. The van der Waals surface area contributed by atoms with Gasteiger partial charge < -0.3 is 15.0 Å². The van der Waals surface area contributed by atoms with Crippen LogP contribution in [-0.2, 0) is 16.0 Å². The van der Waals surface area contributed by atoms with E-state index >= 15 is 0 Å². The summed E-state index contributed by atoms with van der Waals surface area (Å²) in [5.41, 5.74) is 5.09. The molecule has 4 heterocycles. The molecule has 0 radical (unpaired) electrons. The van der Waals surface area contributed by atoms with E-state index in [9.17, 15) is 24.3 Å². The number of carboxylic acid groups (broad SMARTS) is 1. The van der Waals surface area contributed by atoms with Crippen LogP contribution in [0.4, 0.5) is 10.5 Å². The molecule has 1 aromatic heterocycles. The van der Waals surface area contributed by atoms with E-state index < -0.39 is 41.9 Å². The highest BCUT2D eigenvalue weighted by atomic mass is 16.4. The Morgan fingerprint density at radius 1 is 0.951 bits per heavy atom. The van der Waals surface area contributed by atoms with Crippen molar-refractivity contribution in [2.75, 3.05) is 11.4 Å². The maximum Gasteiger partial charge on any atom is 0.332 e. The van der Waals surface area contributed by atoms with E-state index in [0.717, 1.165) is 38.2 Å². The van der Waals surface area contributed by atoms with Gasteiger partial charge in [0, 0.05) is 29.6 Å². The molecule has 4 aromatic rings. The van der Waals surface area contributed by atoms with E-state index in [1.54, 1.807) is 29.2 Å². The number of carbonyl (C=O) groups excluding carboxylic acids is 3. The lowest BCUT2D eigenvalue weighted by atomic mass is 9.88. The minimum atomic E-state index is -1.06. The number of aromatic nitrogens is 1. The second-order valence-corrected chi connectivity index (χ2v) is 11.0. The summed E-state index contributed by atoms with van der Waals surface area (Å²) in [6, 6.07) is 19.6. The van der Waals surface area contributed by atoms with E-state index in [4.69, 9.17) is 0 Å². The van der Waals surface area contributed by atoms with E-state index in [-0.39, 0.29) is 11.3 Å². The maximum atomic E-state index is 14.3. The fourth-order valence-electron chi connectivity index (χ4n) is 6.66. The number of aromatic amines is 1. The second-order valence-electron chi connectivity index (χ2n) is 11.0. The molecule has 41 heavy (non-hydrogen) atoms. The predicted octanol–water partition coefficient (Wildman–Crippen LogP) is 4.65. The quantitative estimate of drug-likeness (QED) is 0.361. The molecule has 0 unspecified atom stereocenters. The summed E-state index contributed by atoms with van der Waals surface area (Å²) in [6.45, 7) is 2.30. The second kappa shape index (κ2) is 9.33. The van der Waals surface area contributed by atoms with Crippen molar-refractivity contribution in [3.8, 4) is 0 Å². The molecule has 2 saturated heterocycles. The normalized spacial score (nSPS) is 21.9. The van der Waals surface area contributed by atoms with Gasteiger partial charge >= 0.3 is 12.0 Å². The van der Waals surface area contributed by atoms with Crippen molar-refractivity contribution in [3.05, 3.63) is 101 Å². The number of aliphatic carboxylic acids is 1. The number of carbonyl (C=O) groups is 4. The molecule has 0 aliphatic carbocycles. The Morgan fingerprint density at radius 2 is 1.68 bits per heavy atom. The first kappa shape index (κ1) is 25.1. The molecule has 2 N–H and O–H groups in total. The number of para-hydroxylation sites is 2. The molecule has 9 heteroatoms. The fraction of sp³-hybridized carbons (Fsp3) is 0.250. The summed E-state index contributed by atoms with van der Waals surface area (Å²) >= 11 is 0. The van der Waals surface area contributed by atoms with Crippen molar-refractivity contribution >= 4 is 40.4 Å². The number of benzene rings is 3. The smallest absolute Gasteiger partial charge is 0.332 e. The standard InChI is InChI=1S/C32H28N4O5/c1-18-12-14-19(15-13-18)28-27-22(20-7-2-4-9-23(20)33-27)17-26-30(38)36(32(41)35(26)28)24-10-5-3-8-21(24)29(37)34-16-6-11-25(34)31(39)40/h2-5,7-10,12-15,25-26,28,33H,6,11,16-17H2,1H3,(H,39,40)/t25-,26-,28+/m0/s1. The Hall–Kier alpha value is -4.92. The lowest BCUT2D eigenvalue weighted by Gasteiger charge is -2.36. The van der Waals surface area contributed by atoms with Gasteiger partial charge in [0.05, 0.1) is 11.3 Å². The van der Waals surface area contributed by atoms with Gasteiger partial charge in [0.2, 0.25) is 0 Å². The minimum Gasteiger partial charge on any atom is -0.480 e. The number of nitrogens with one attached hydrogen (secondary N) is 1. The van der Waals surface area contributed by atoms with Crippen LogP contribution in [0.3, 0.4) is 0 Å². The molecule has 3 aromatic carbocycles. The summed E-state index contributed by atoms with van der Waals surface area (Å²) < 4.78 is 0. The zero-order valence-corrected chi connectivity index (χ0v) is 22.4. The van der Waals surface area contributed by atoms with Crippen LogP contribution in [0.15, 0.2) is 72.8 Å². The van der Waals surface area contributed by atoms with Gasteiger partial charge in [0.1, 0.15) is 18.1 Å². The Morgan fingerprint density at radius 3 is 2.46 bits per heavy atom. The van der Waals surface area contributed by atoms with Crippen LogP contribution in [0.5, 0.6) is 0 Å². The number of hydrogen-bond acceptors (Lipinski definition) is 4. The molecule has 3 atom stereocenters. The third kappa shape index (κ3) is 3.76. The Bertz CT molecular complexity index is 1740. The van der Waals surface area contributed by atoms with E-state index in [2.05, 4.69) is 4.98 Å². The Labute approximate surface area is 236 Å². The zero-order valence-electron chi connectivity index (χ0n) is 22.4. The van der Waals surface area contributed by atoms with Crippen LogP contribution in [0.2, 0.25) is 0 Å². The highest BCUT2D eigenvalue weighted by Gasteiger charge is 2.53. The Balaban J connectivity index is 1.34. The van der Waals surface area contributed by atoms with Gasteiger partial charge in [-0.1, -0.05) is 60.2 Å². The summed E-state index contributed by atoms with van der Waals surface area (Å²) in [4.78, 5) is 61.5. The maximum absolute atomic E-state index is 14.3. The Kier molecular flexibility index (Phi) is 5.71. The van der Waals surface area contributed by atoms with Crippen LogP contribution in [0.1, 0.15) is 51.6 Å². The molecule has 2 fully saturated rings. The number of hydrogen-bond donors (Lipinski definition) is 2. The van der Waals surface area contributed by atoms with Crippen molar-refractivity contribution < 1.29 is 24.3 Å². The van der Waals surface area contributed by atoms with Gasteiger partial charge in [-0.15, -0.1) is 0 Å². The molecule has 9 nitrogen and oxygen atoms in total. The number of fused-ring (bicyclic) bond motifs is 4. The average Bonchev–Trinajstić information content (AvgIpc) is 3.67. The van der Waals surface area contributed by atoms with E-state index in [1.165, 1.54) is 4.90 Å². The summed E-state index contributed by atoms with van der Waals surface area (Å²) in [5, 5.41) is 10.7. The van der Waals surface area contributed by atoms with E-state index in [0.29, 0.717) is 25.8 Å². The SMILES string of the molecule is Cc1ccc([C@@H]2c3[nH]c4ccccc4c3C[C@H]3C(=O)N(c4ccccc4C(=O)N4CCC[C@H]4C(=O)O)C(=O)N23)cc1. The number of aryl methyl sites for hydroxylation is 1. The summed E-state index contributed by atoms with van der Waals surface area (Å²) in [7, 11) is 0. The van der Waals surface area contributed by atoms with Gasteiger partial charge in [-0.25, -0.2) is 14.5 Å². The van der Waals surface area contributed by atoms with Crippen LogP contribution in [0, 0.1) is 6.92 Å². The van der Waals surface area contributed by atoms with Crippen LogP contribution >= 0.6 is 0 Å².